The molecule has 1 aliphatic heterocycles. The number of carbonyl (C=O) groups excluding carboxylic acids is 2. The third-order valence-electron chi connectivity index (χ3n) is 3.51. The summed E-state index contributed by atoms with van der Waals surface area (Å²) in [7, 11) is 0. The van der Waals surface area contributed by atoms with Crippen molar-refractivity contribution < 1.29 is 19.2 Å². The second-order valence-corrected chi connectivity index (χ2v) is 5.31. The van der Waals surface area contributed by atoms with Crippen molar-refractivity contribution in [3.05, 3.63) is 22.2 Å². The molecule has 1 aromatic heterocycles. The van der Waals surface area contributed by atoms with Gasteiger partial charge < -0.3 is 20.2 Å². The molecule has 9 heteroatoms. The maximum Gasteiger partial charge on any atom is 0.366 e. The molecule has 0 bridgehead atoms. The minimum absolute atomic E-state index is 0.0124. The van der Waals surface area contributed by atoms with E-state index in [2.05, 4.69) is 10.3 Å². The third kappa shape index (κ3) is 3.55. The number of anilines is 1. The average Bonchev–Trinajstić information content (AvgIpc) is 2.51. The Hall–Kier alpha value is -2.71. The minimum Gasteiger partial charge on any atom is -0.475 e. The minimum atomic E-state index is -0.790. The Morgan fingerprint density at radius 2 is 2.26 bits per heavy atom. The highest BCUT2D eigenvalue weighted by Gasteiger charge is 2.37. The van der Waals surface area contributed by atoms with Crippen molar-refractivity contribution in [1.29, 1.82) is 0 Å². The number of ether oxygens (including phenoxy) is 1. The highest BCUT2D eigenvalue weighted by molar-refractivity contribution is 6.02. The number of hydrogen-bond donors (Lipinski definition) is 1. The molecule has 2 unspecified atom stereocenters. The summed E-state index contributed by atoms with van der Waals surface area (Å²) in [6, 6.07) is 2.54. The van der Waals surface area contributed by atoms with Gasteiger partial charge in [-0.15, -0.1) is 0 Å². The van der Waals surface area contributed by atoms with Crippen LogP contribution in [0.1, 0.15) is 27.2 Å². The Kier molecular flexibility index (Phi) is 4.77. The van der Waals surface area contributed by atoms with E-state index in [1.807, 2.05) is 13.8 Å². The molecule has 0 aliphatic carbocycles. The summed E-state index contributed by atoms with van der Waals surface area (Å²) < 4.78 is 5.38. The molecule has 2 amide bonds. The lowest BCUT2D eigenvalue weighted by molar-refractivity contribution is -0.389. The fourth-order valence-corrected chi connectivity index (χ4v) is 2.10. The maximum absolute atomic E-state index is 12.3. The number of hydrogen-bond acceptors (Lipinski definition) is 6. The van der Waals surface area contributed by atoms with Crippen LogP contribution in [-0.4, -0.2) is 40.4 Å². The summed E-state index contributed by atoms with van der Waals surface area (Å²) in [4.78, 5) is 39.5. The van der Waals surface area contributed by atoms with Crippen molar-refractivity contribution in [3.63, 3.8) is 0 Å². The van der Waals surface area contributed by atoms with E-state index in [1.165, 1.54) is 12.1 Å². The molecular formula is C14H18N4O5. The van der Waals surface area contributed by atoms with Gasteiger partial charge in [0.15, 0.2) is 11.9 Å². The summed E-state index contributed by atoms with van der Waals surface area (Å²) in [6.07, 6.45) is -0.0402. The quantitative estimate of drug-likeness (QED) is 0.639. The molecular weight excluding hydrogens is 304 g/mol. The maximum atomic E-state index is 12.3. The number of pyridine rings is 1. The number of carbonyl (C=O) groups is 2. The SMILES string of the molecule is CCC(C)NC(=O)CN1C(=O)C(C)Oc2ccc([N+](=O)[O-])nc21. The lowest BCUT2D eigenvalue weighted by Gasteiger charge is -2.29. The van der Waals surface area contributed by atoms with Crippen LogP contribution >= 0.6 is 0 Å². The molecule has 0 radical (unpaired) electrons. The number of aromatic nitrogens is 1. The highest BCUT2D eigenvalue weighted by Crippen LogP contribution is 2.33. The van der Waals surface area contributed by atoms with Crippen molar-refractivity contribution in [2.45, 2.75) is 39.3 Å². The van der Waals surface area contributed by atoms with Crippen molar-refractivity contribution in [2.75, 3.05) is 11.4 Å². The molecule has 0 saturated carbocycles. The molecule has 0 fully saturated rings. The fourth-order valence-electron chi connectivity index (χ4n) is 2.10. The molecule has 1 aromatic rings. The van der Waals surface area contributed by atoms with Crippen molar-refractivity contribution >= 4 is 23.5 Å². The highest BCUT2D eigenvalue weighted by atomic mass is 16.6. The van der Waals surface area contributed by atoms with Crippen LogP contribution in [0.15, 0.2) is 12.1 Å². The van der Waals surface area contributed by atoms with E-state index in [0.717, 1.165) is 11.3 Å². The normalized spacial score (nSPS) is 18.0. The van der Waals surface area contributed by atoms with E-state index in [1.54, 1.807) is 6.92 Å². The number of amides is 2. The Balaban J connectivity index is 2.31. The van der Waals surface area contributed by atoms with Gasteiger partial charge in [0, 0.05) is 12.1 Å². The molecule has 0 saturated heterocycles. The van der Waals surface area contributed by atoms with Gasteiger partial charge in [-0.05, 0) is 36.2 Å². The van der Waals surface area contributed by atoms with Crippen LogP contribution in [0, 0.1) is 10.1 Å². The van der Waals surface area contributed by atoms with Gasteiger partial charge in [-0.1, -0.05) is 6.92 Å². The van der Waals surface area contributed by atoms with Crippen LogP contribution in [0.25, 0.3) is 0 Å². The summed E-state index contributed by atoms with van der Waals surface area (Å²) in [5.74, 6) is -1.02. The second-order valence-electron chi connectivity index (χ2n) is 5.31. The fraction of sp³-hybridized carbons (Fsp3) is 0.500. The zero-order chi connectivity index (χ0) is 17.1. The molecule has 1 N–H and O–H groups in total. The zero-order valence-corrected chi connectivity index (χ0v) is 13.1. The van der Waals surface area contributed by atoms with Crippen LogP contribution in [0.4, 0.5) is 11.6 Å². The first-order valence-electron chi connectivity index (χ1n) is 7.26. The summed E-state index contributed by atoms with van der Waals surface area (Å²) in [5.41, 5.74) is 0. The molecule has 2 rings (SSSR count). The third-order valence-corrected chi connectivity index (χ3v) is 3.51. The average molecular weight is 322 g/mol. The lowest BCUT2D eigenvalue weighted by Crippen LogP contribution is -2.50. The predicted octanol–water partition coefficient (Wildman–Crippen LogP) is 1.02. The molecule has 9 nitrogen and oxygen atoms in total. The molecule has 2 heterocycles. The van der Waals surface area contributed by atoms with Crippen molar-refractivity contribution in [3.8, 4) is 5.75 Å². The van der Waals surface area contributed by atoms with Crippen LogP contribution < -0.4 is 15.0 Å². The monoisotopic (exact) mass is 322 g/mol. The van der Waals surface area contributed by atoms with E-state index in [-0.39, 0.29) is 30.1 Å². The first kappa shape index (κ1) is 16.7. The van der Waals surface area contributed by atoms with Crippen LogP contribution in [0.3, 0.4) is 0 Å². The molecule has 0 aromatic carbocycles. The van der Waals surface area contributed by atoms with Crippen molar-refractivity contribution in [1.82, 2.24) is 10.3 Å². The van der Waals surface area contributed by atoms with Gasteiger partial charge in [0.1, 0.15) is 6.54 Å². The number of nitro groups is 1. The molecule has 1 aliphatic rings. The number of rotatable bonds is 5. The molecule has 0 spiro atoms. The Morgan fingerprint density at radius 3 is 2.87 bits per heavy atom. The first-order chi connectivity index (χ1) is 10.8. The second kappa shape index (κ2) is 6.59. The molecule has 124 valence electrons. The summed E-state index contributed by atoms with van der Waals surface area (Å²) >= 11 is 0. The standard InChI is InChI=1S/C14H18N4O5/c1-4-8(2)15-12(19)7-17-13-10(23-9(3)14(17)20)5-6-11(16-13)18(21)22/h5-6,8-9H,4,7H2,1-3H3,(H,15,19). The molecule has 2 atom stereocenters. The number of fused-ring (bicyclic) bond motifs is 1. The van der Waals surface area contributed by atoms with Gasteiger partial charge in [0.2, 0.25) is 5.91 Å². The van der Waals surface area contributed by atoms with Crippen molar-refractivity contribution in [2.24, 2.45) is 0 Å². The molecule has 23 heavy (non-hydrogen) atoms. The lowest BCUT2D eigenvalue weighted by atomic mass is 10.2. The number of nitrogens with zero attached hydrogens (tertiary/aromatic N) is 3. The van der Waals surface area contributed by atoms with Gasteiger partial charge >= 0.3 is 5.82 Å². The van der Waals surface area contributed by atoms with Crippen LogP contribution in [0.5, 0.6) is 5.75 Å². The van der Waals surface area contributed by atoms with E-state index in [0.29, 0.717) is 0 Å². The smallest absolute Gasteiger partial charge is 0.366 e. The van der Waals surface area contributed by atoms with Gasteiger partial charge in [-0.2, -0.15) is 0 Å². The van der Waals surface area contributed by atoms with Crippen LogP contribution in [0.2, 0.25) is 0 Å². The summed E-state index contributed by atoms with van der Waals surface area (Å²) in [5, 5.41) is 13.6. The van der Waals surface area contributed by atoms with E-state index >= 15 is 0 Å². The van der Waals surface area contributed by atoms with E-state index < -0.39 is 22.8 Å². The summed E-state index contributed by atoms with van der Waals surface area (Å²) in [6.45, 7) is 5.05. The Bertz CT molecular complexity index is 648. The van der Waals surface area contributed by atoms with Gasteiger partial charge in [0.25, 0.3) is 11.7 Å². The Morgan fingerprint density at radius 1 is 1.57 bits per heavy atom. The van der Waals surface area contributed by atoms with Crippen LogP contribution in [-0.2, 0) is 9.59 Å². The van der Waals surface area contributed by atoms with Gasteiger partial charge in [-0.3, -0.25) is 14.5 Å². The first-order valence-corrected chi connectivity index (χ1v) is 7.26. The Labute approximate surface area is 132 Å². The zero-order valence-electron chi connectivity index (χ0n) is 13.1. The van der Waals surface area contributed by atoms with Gasteiger partial charge in [0.05, 0.1) is 0 Å². The predicted molar refractivity (Wildman–Crippen MR) is 81.2 cm³/mol. The topological polar surface area (TPSA) is 115 Å². The number of nitrogens with one attached hydrogen (secondary N) is 1. The largest absolute Gasteiger partial charge is 0.475 e. The van der Waals surface area contributed by atoms with Gasteiger partial charge in [-0.25, -0.2) is 0 Å². The van der Waals surface area contributed by atoms with E-state index in [9.17, 15) is 19.7 Å². The van der Waals surface area contributed by atoms with E-state index in [4.69, 9.17) is 4.74 Å².